The number of likely N-dealkylation sites (N-methyl/N-ethyl adjacent to an activating group) is 1. The Bertz CT molecular complexity index is 997. The second kappa shape index (κ2) is 9.12. The van der Waals surface area contributed by atoms with Gasteiger partial charge in [-0.1, -0.05) is 18.2 Å². The van der Waals surface area contributed by atoms with Crippen molar-refractivity contribution < 1.29 is 14.7 Å². The minimum Gasteiger partial charge on any atom is -0.478 e. The van der Waals surface area contributed by atoms with E-state index in [0.717, 1.165) is 5.56 Å². The first-order valence-corrected chi connectivity index (χ1v) is 8.77. The maximum absolute atomic E-state index is 11.1. The van der Waals surface area contributed by atoms with Crippen LogP contribution in [0.3, 0.4) is 0 Å². The number of allylic oxidation sites excluding steroid dienone is 1. The second-order valence-electron chi connectivity index (χ2n) is 6.11. The van der Waals surface area contributed by atoms with Crippen molar-refractivity contribution >= 4 is 5.97 Å². The molecular formula is C17H21N9O3. The first kappa shape index (κ1) is 20.2. The van der Waals surface area contributed by atoms with Gasteiger partial charge in [0.05, 0.1) is 25.6 Å². The normalized spacial score (nSPS) is 12.7. The highest BCUT2D eigenvalue weighted by Crippen LogP contribution is 2.11. The highest BCUT2D eigenvalue weighted by Gasteiger charge is 2.18. The monoisotopic (exact) mass is 399 g/mol. The summed E-state index contributed by atoms with van der Waals surface area (Å²) in [7, 11) is 3.32. The molecule has 0 saturated carbocycles. The Morgan fingerprint density at radius 1 is 1.28 bits per heavy atom. The number of aromatic nitrogens is 8. The number of nitrogens with zero attached hydrogens (tertiary/aromatic N) is 9. The van der Waals surface area contributed by atoms with Gasteiger partial charge in [-0.3, -0.25) is 0 Å². The molecule has 1 unspecified atom stereocenters. The van der Waals surface area contributed by atoms with Crippen LogP contribution in [0.25, 0.3) is 0 Å². The van der Waals surface area contributed by atoms with Crippen LogP contribution < -0.4 is 0 Å². The SMILES string of the molecule is CC=CC(N(C)OC)n1nnc(Cc2nnn(Cc3cccc(C(=O)O)c3)n2)n1. The fourth-order valence-corrected chi connectivity index (χ4v) is 2.58. The Morgan fingerprint density at radius 2 is 2.03 bits per heavy atom. The standard InChI is InChI=1S/C17H21N9O3/c1-4-6-16(24(2)29-3)26-21-15(19-23-26)10-14-18-22-25(20-14)11-12-7-5-8-13(9-12)17(27)28/h4-9,16H,10-11H2,1-3H3,(H,27,28). The smallest absolute Gasteiger partial charge is 0.335 e. The Hall–Kier alpha value is -3.51. The highest BCUT2D eigenvalue weighted by atomic mass is 16.7. The van der Waals surface area contributed by atoms with Crippen molar-refractivity contribution in [2.75, 3.05) is 14.2 Å². The number of aromatic carboxylic acids is 1. The minimum absolute atomic E-state index is 0.209. The van der Waals surface area contributed by atoms with Crippen molar-refractivity contribution in [3.63, 3.8) is 0 Å². The van der Waals surface area contributed by atoms with Crippen molar-refractivity contribution in [2.24, 2.45) is 0 Å². The maximum atomic E-state index is 11.1. The summed E-state index contributed by atoms with van der Waals surface area (Å²) < 4.78 is 0. The fraction of sp³-hybridized carbons (Fsp3) is 0.353. The molecule has 12 nitrogen and oxygen atoms in total. The molecular weight excluding hydrogens is 378 g/mol. The molecule has 0 aliphatic rings. The van der Waals surface area contributed by atoms with Crippen LogP contribution in [0.5, 0.6) is 0 Å². The van der Waals surface area contributed by atoms with Crippen molar-refractivity contribution in [1.82, 2.24) is 45.5 Å². The minimum atomic E-state index is -0.983. The fourth-order valence-electron chi connectivity index (χ4n) is 2.58. The molecule has 0 aliphatic carbocycles. The van der Waals surface area contributed by atoms with Crippen LogP contribution in [0.2, 0.25) is 0 Å². The van der Waals surface area contributed by atoms with E-state index in [1.54, 1.807) is 37.4 Å². The van der Waals surface area contributed by atoms with E-state index in [-0.39, 0.29) is 18.2 Å². The summed E-state index contributed by atoms with van der Waals surface area (Å²) in [6.45, 7) is 2.19. The molecule has 0 amide bonds. The molecule has 2 aromatic heterocycles. The van der Waals surface area contributed by atoms with Gasteiger partial charge in [0.1, 0.15) is 0 Å². The summed E-state index contributed by atoms with van der Waals surface area (Å²) in [5.74, 6) is -0.110. The predicted octanol–water partition coefficient (Wildman–Crippen LogP) is 0.565. The van der Waals surface area contributed by atoms with E-state index in [0.29, 0.717) is 18.2 Å². The molecule has 0 fully saturated rings. The zero-order valence-electron chi connectivity index (χ0n) is 16.2. The maximum Gasteiger partial charge on any atom is 0.335 e. The predicted molar refractivity (Wildman–Crippen MR) is 99.6 cm³/mol. The van der Waals surface area contributed by atoms with Crippen molar-refractivity contribution in [2.45, 2.75) is 26.1 Å². The van der Waals surface area contributed by atoms with E-state index in [9.17, 15) is 4.79 Å². The van der Waals surface area contributed by atoms with Gasteiger partial charge < -0.3 is 9.94 Å². The number of carboxylic acids is 1. The van der Waals surface area contributed by atoms with Gasteiger partial charge in [-0.25, -0.2) is 4.79 Å². The molecule has 29 heavy (non-hydrogen) atoms. The van der Waals surface area contributed by atoms with Crippen LogP contribution in [-0.2, 0) is 17.8 Å². The molecule has 12 heteroatoms. The third kappa shape index (κ3) is 5.06. The van der Waals surface area contributed by atoms with Gasteiger partial charge in [0.15, 0.2) is 17.8 Å². The molecule has 1 atom stereocenters. The number of hydrogen-bond donors (Lipinski definition) is 1. The van der Waals surface area contributed by atoms with Crippen LogP contribution in [0.4, 0.5) is 0 Å². The summed E-state index contributed by atoms with van der Waals surface area (Å²) in [6.07, 6.45) is 3.66. The molecule has 1 aromatic carbocycles. The number of tetrazole rings is 2. The molecule has 3 aromatic rings. The van der Waals surface area contributed by atoms with Crippen molar-refractivity contribution in [1.29, 1.82) is 0 Å². The van der Waals surface area contributed by atoms with Crippen LogP contribution in [0.1, 0.15) is 40.7 Å². The number of hydroxylamine groups is 2. The zero-order valence-corrected chi connectivity index (χ0v) is 16.2. The number of carboxylic acid groups (broad SMARTS) is 1. The van der Waals surface area contributed by atoms with Gasteiger partial charge in [0.25, 0.3) is 0 Å². The van der Waals surface area contributed by atoms with E-state index >= 15 is 0 Å². The number of benzene rings is 1. The van der Waals surface area contributed by atoms with Crippen molar-refractivity contribution in [3.05, 3.63) is 59.2 Å². The van der Waals surface area contributed by atoms with Gasteiger partial charge in [-0.05, 0) is 41.1 Å². The third-order valence-electron chi connectivity index (χ3n) is 4.04. The first-order valence-electron chi connectivity index (χ1n) is 8.77. The highest BCUT2D eigenvalue weighted by molar-refractivity contribution is 5.87. The van der Waals surface area contributed by atoms with Crippen LogP contribution >= 0.6 is 0 Å². The Morgan fingerprint density at radius 3 is 2.76 bits per heavy atom. The lowest BCUT2D eigenvalue weighted by Gasteiger charge is -2.21. The molecule has 3 rings (SSSR count). The van der Waals surface area contributed by atoms with Crippen LogP contribution in [-0.4, -0.2) is 70.7 Å². The lowest BCUT2D eigenvalue weighted by molar-refractivity contribution is -0.153. The van der Waals surface area contributed by atoms with E-state index in [1.807, 2.05) is 19.1 Å². The molecule has 2 heterocycles. The number of carbonyl (C=O) groups is 1. The Balaban J connectivity index is 1.68. The van der Waals surface area contributed by atoms with Gasteiger partial charge in [0.2, 0.25) is 0 Å². The summed E-state index contributed by atoms with van der Waals surface area (Å²) in [5, 5.41) is 35.4. The topological polar surface area (TPSA) is 137 Å². The first-order chi connectivity index (χ1) is 14.0. The summed E-state index contributed by atoms with van der Waals surface area (Å²) >= 11 is 0. The summed E-state index contributed by atoms with van der Waals surface area (Å²) in [6, 6.07) is 6.59. The average molecular weight is 399 g/mol. The largest absolute Gasteiger partial charge is 0.478 e. The quantitative estimate of drug-likeness (QED) is 0.401. The molecule has 0 spiro atoms. The second-order valence-corrected chi connectivity index (χ2v) is 6.11. The van der Waals surface area contributed by atoms with E-state index in [2.05, 4.69) is 30.8 Å². The average Bonchev–Trinajstić information content (AvgIpc) is 3.35. The van der Waals surface area contributed by atoms with Crippen molar-refractivity contribution in [3.8, 4) is 0 Å². The Labute approximate surface area is 166 Å². The van der Waals surface area contributed by atoms with Gasteiger partial charge >= 0.3 is 5.97 Å². The Kier molecular flexibility index (Phi) is 6.36. The van der Waals surface area contributed by atoms with Crippen LogP contribution in [0, 0.1) is 0 Å². The molecule has 0 aliphatic heterocycles. The molecule has 1 N–H and O–H groups in total. The van der Waals surface area contributed by atoms with E-state index in [1.165, 1.54) is 15.7 Å². The lowest BCUT2D eigenvalue weighted by Crippen LogP contribution is -2.28. The molecule has 0 bridgehead atoms. The van der Waals surface area contributed by atoms with E-state index in [4.69, 9.17) is 9.94 Å². The molecule has 0 saturated heterocycles. The van der Waals surface area contributed by atoms with Gasteiger partial charge in [0, 0.05) is 7.05 Å². The molecule has 0 radical (unpaired) electrons. The van der Waals surface area contributed by atoms with Gasteiger partial charge in [-0.15, -0.1) is 25.2 Å². The molecule has 152 valence electrons. The van der Waals surface area contributed by atoms with E-state index < -0.39 is 5.97 Å². The summed E-state index contributed by atoms with van der Waals surface area (Å²) in [5.41, 5.74) is 0.968. The number of hydrogen-bond acceptors (Lipinski definition) is 9. The van der Waals surface area contributed by atoms with Crippen LogP contribution in [0.15, 0.2) is 36.4 Å². The van der Waals surface area contributed by atoms with Gasteiger partial charge in [-0.2, -0.15) is 9.86 Å². The summed E-state index contributed by atoms with van der Waals surface area (Å²) in [4.78, 5) is 19.1. The lowest BCUT2D eigenvalue weighted by atomic mass is 10.1. The number of rotatable bonds is 9. The third-order valence-corrected chi connectivity index (χ3v) is 4.04. The zero-order chi connectivity index (χ0) is 20.8.